The quantitative estimate of drug-likeness (QED) is 0.870. The van der Waals surface area contributed by atoms with Crippen LogP contribution in [0.1, 0.15) is 49.9 Å². The number of esters is 1. The predicted molar refractivity (Wildman–Crippen MR) is 80.8 cm³/mol. The van der Waals surface area contributed by atoms with Crippen LogP contribution in [-0.4, -0.2) is 24.0 Å². The lowest BCUT2D eigenvalue weighted by Crippen LogP contribution is -2.45. The molecule has 0 aliphatic heterocycles. The van der Waals surface area contributed by atoms with Gasteiger partial charge in [-0.2, -0.15) is 0 Å². The first kappa shape index (κ1) is 16.5. The van der Waals surface area contributed by atoms with Crippen LogP contribution in [0.4, 0.5) is 4.39 Å². The van der Waals surface area contributed by atoms with Crippen LogP contribution in [0.15, 0.2) is 24.3 Å². The van der Waals surface area contributed by atoms with Crippen molar-refractivity contribution in [2.24, 2.45) is 5.92 Å². The molecule has 22 heavy (non-hydrogen) atoms. The number of rotatable bonds is 4. The normalized spacial score (nSPS) is 22.7. The van der Waals surface area contributed by atoms with Crippen LogP contribution in [0.25, 0.3) is 0 Å². The zero-order valence-corrected chi connectivity index (χ0v) is 13.0. The molecule has 3 atom stereocenters. The molecular formula is C17H22FNO3. The Hall–Kier alpha value is -1.91. The molecule has 1 fully saturated rings. The van der Waals surface area contributed by atoms with Crippen LogP contribution in [0.3, 0.4) is 0 Å². The molecule has 5 heteroatoms. The van der Waals surface area contributed by atoms with Crippen LogP contribution in [0.5, 0.6) is 0 Å². The molecule has 1 aliphatic rings. The highest BCUT2D eigenvalue weighted by Gasteiger charge is 2.26. The van der Waals surface area contributed by atoms with E-state index in [1.165, 1.54) is 31.5 Å². The fourth-order valence-electron chi connectivity index (χ4n) is 2.73. The van der Waals surface area contributed by atoms with Crippen molar-refractivity contribution >= 4 is 11.9 Å². The predicted octanol–water partition coefficient (Wildman–Crippen LogP) is 3.07. The molecule has 0 aromatic heterocycles. The number of nitrogens with one attached hydrogen (secondary N) is 1. The van der Waals surface area contributed by atoms with E-state index in [-0.39, 0.29) is 17.5 Å². The molecule has 2 rings (SSSR count). The highest BCUT2D eigenvalue weighted by Crippen LogP contribution is 2.23. The summed E-state index contributed by atoms with van der Waals surface area (Å²) in [6.07, 6.45) is 3.45. The molecule has 0 unspecified atom stereocenters. The van der Waals surface area contributed by atoms with E-state index in [2.05, 4.69) is 12.2 Å². The van der Waals surface area contributed by atoms with Crippen molar-refractivity contribution in [1.29, 1.82) is 0 Å². The fraction of sp³-hybridized carbons (Fsp3) is 0.529. The minimum absolute atomic E-state index is 0.102. The maximum atomic E-state index is 13.1. The standard InChI is InChI=1S/C17H22FNO3/c1-11-6-3-4-9-15(11)19-16(20)12(2)22-17(21)13-7-5-8-14(18)10-13/h5,7-8,10-12,15H,3-4,6,9H2,1-2H3,(H,19,20)/t11-,12-,15+/m1/s1. The molecule has 0 radical (unpaired) electrons. The second kappa shape index (κ2) is 7.38. The van der Waals surface area contributed by atoms with Crippen molar-refractivity contribution in [2.75, 3.05) is 0 Å². The van der Waals surface area contributed by atoms with Crippen molar-refractivity contribution < 1.29 is 18.7 Å². The van der Waals surface area contributed by atoms with Gasteiger partial charge in [0.25, 0.3) is 5.91 Å². The van der Waals surface area contributed by atoms with Gasteiger partial charge in [-0.15, -0.1) is 0 Å². The molecule has 1 aromatic rings. The second-order valence-corrected chi connectivity index (χ2v) is 5.93. The number of halogens is 1. The Morgan fingerprint density at radius 1 is 1.32 bits per heavy atom. The Morgan fingerprint density at radius 2 is 2.05 bits per heavy atom. The highest BCUT2D eigenvalue weighted by molar-refractivity contribution is 5.92. The molecule has 1 saturated carbocycles. The van der Waals surface area contributed by atoms with E-state index < -0.39 is 17.9 Å². The van der Waals surface area contributed by atoms with Gasteiger partial charge >= 0.3 is 5.97 Å². The van der Waals surface area contributed by atoms with Crippen LogP contribution in [0, 0.1) is 11.7 Å². The van der Waals surface area contributed by atoms with Gasteiger partial charge in [0.15, 0.2) is 6.10 Å². The van der Waals surface area contributed by atoms with E-state index in [1.807, 2.05) is 0 Å². The second-order valence-electron chi connectivity index (χ2n) is 5.93. The lowest BCUT2D eigenvalue weighted by Gasteiger charge is -2.30. The van der Waals surface area contributed by atoms with E-state index in [0.29, 0.717) is 5.92 Å². The van der Waals surface area contributed by atoms with Gasteiger partial charge in [-0.3, -0.25) is 4.79 Å². The molecule has 0 spiro atoms. The Kier molecular flexibility index (Phi) is 5.52. The summed E-state index contributed by atoms with van der Waals surface area (Å²) in [5.74, 6) is -1.08. The summed E-state index contributed by atoms with van der Waals surface area (Å²) in [6.45, 7) is 3.65. The Bertz CT molecular complexity index is 546. The molecule has 1 amide bonds. The summed E-state index contributed by atoms with van der Waals surface area (Å²) >= 11 is 0. The first-order valence-electron chi connectivity index (χ1n) is 7.74. The number of ether oxygens (including phenoxy) is 1. The summed E-state index contributed by atoms with van der Waals surface area (Å²) in [5, 5.41) is 2.95. The largest absolute Gasteiger partial charge is 0.449 e. The number of carbonyl (C=O) groups is 2. The number of benzene rings is 1. The average molecular weight is 307 g/mol. The maximum Gasteiger partial charge on any atom is 0.339 e. The van der Waals surface area contributed by atoms with E-state index in [1.54, 1.807) is 0 Å². The molecule has 120 valence electrons. The van der Waals surface area contributed by atoms with Crippen molar-refractivity contribution in [2.45, 2.75) is 51.7 Å². The number of hydrogen-bond donors (Lipinski definition) is 1. The number of carbonyl (C=O) groups excluding carboxylic acids is 2. The lowest BCUT2D eigenvalue weighted by atomic mass is 9.86. The third-order valence-corrected chi connectivity index (χ3v) is 4.15. The zero-order chi connectivity index (χ0) is 16.1. The van der Waals surface area contributed by atoms with E-state index in [4.69, 9.17) is 4.74 Å². The molecule has 0 saturated heterocycles. The first-order valence-corrected chi connectivity index (χ1v) is 7.74. The smallest absolute Gasteiger partial charge is 0.339 e. The van der Waals surface area contributed by atoms with Crippen LogP contribution >= 0.6 is 0 Å². The van der Waals surface area contributed by atoms with Gasteiger partial charge in [0.1, 0.15) is 5.82 Å². The first-order chi connectivity index (χ1) is 10.5. The van der Waals surface area contributed by atoms with Gasteiger partial charge in [-0.1, -0.05) is 25.8 Å². The van der Waals surface area contributed by atoms with Gasteiger partial charge in [-0.05, 0) is 43.9 Å². The summed E-state index contributed by atoms with van der Waals surface area (Å²) in [7, 11) is 0. The Morgan fingerprint density at radius 3 is 2.73 bits per heavy atom. The molecule has 0 heterocycles. The maximum absolute atomic E-state index is 13.1. The molecule has 0 bridgehead atoms. The Balaban J connectivity index is 1.89. The number of hydrogen-bond acceptors (Lipinski definition) is 3. The monoisotopic (exact) mass is 307 g/mol. The van der Waals surface area contributed by atoms with Crippen LogP contribution in [-0.2, 0) is 9.53 Å². The van der Waals surface area contributed by atoms with Gasteiger partial charge in [0.2, 0.25) is 0 Å². The van der Waals surface area contributed by atoms with E-state index in [0.717, 1.165) is 25.3 Å². The van der Waals surface area contributed by atoms with E-state index in [9.17, 15) is 14.0 Å². The summed E-state index contributed by atoms with van der Waals surface area (Å²) < 4.78 is 18.2. The fourth-order valence-corrected chi connectivity index (χ4v) is 2.73. The van der Waals surface area contributed by atoms with Crippen molar-refractivity contribution in [3.8, 4) is 0 Å². The van der Waals surface area contributed by atoms with Crippen LogP contribution < -0.4 is 5.32 Å². The topological polar surface area (TPSA) is 55.4 Å². The summed E-state index contributed by atoms with van der Waals surface area (Å²) in [4.78, 5) is 24.0. The summed E-state index contributed by atoms with van der Waals surface area (Å²) in [5.41, 5.74) is 0.102. The zero-order valence-electron chi connectivity index (χ0n) is 13.0. The SMILES string of the molecule is C[C@@H]1CCCC[C@@H]1NC(=O)[C@@H](C)OC(=O)c1cccc(F)c1. The lowest BCUT2D eigenvalue weighted by molar-refractivity contribution is -0.130. The minimum atomic E-state index is -0.898. The third-order valence-electron chi connectivity index (χ3n) is 4.15. The molecule has 1 aromatic carbocycles. The van der Waals surface area contributed by atoms with Crippen LogP contribution in [0.2, 0.25) is 0 Å². The van der Waals surface area contributed by atoms with E-state index >= 15 is 0 Å². The molecular weight excluding hydrogens is 285 g/mol. The van der Waals surface area contributed by atoms with Crippen molar-refractivity contribution in [3.63, 3.8) is 0 Å². The molecule has 1 aliphatic carbocycles. The Labute approximate surface area is 130 Å². The van der Waals surface area contributed by atoms with Gasteiger partial charge in [0, 0.05) is 6.04 Å². The number of amides is 1. The van der Waals surface area contributed by atoms with Gasteiger partial charge in [0.05, 0.1) is 5.56 Å². The summed E-state index contributed by atoms with van der Waals surface area (Å²) in [6, 6.07) is 5.37. The average Bonchev–Trinajstić information content (AvgIpc) is 2.49. The molecule has 1 N–H and O–H groups in total. The molecule has 4 nitrogen and oxygen atoms in total. The van der Waals surface area contributed by atoms with Gasteiger partial charge in [-0.25, -0.2) is 9.18 Å². The third kappa shape index (κ3) is 4.29. The highest BCUT2D eigenvalue weighted by atomic mass is 19.1. The minimum Gasteiger partial charge on any atom is -0.449 e. The van der Waals surface area contributed by atoms with Gasteiger partial charge < -0.3 is 10.1 Å². The van der Waals surface area contributed by atoms with Crippen molar-refractivity contribution in [3.05, 3.63) is 35.6 Å². The van der Waals surface area contributed by atoms with Crippen molar-refractivity contribution in [1.82, 2.24) is 5.32 Å².